The molecule has 1 atom stereocenters. The predicted molar refractivity (Wildman–Crippen MR) is 52.2 cm³/mol. The Morgan fingerprint density at radius 2 is 2.29 bits per heavy atom. The Bertz CT molecular complexity index is 343. The highest BCUT2D eigenvalue weighted by Crippen LogP contribution is 2.08. The van der Waals surface area contributed by atoms with Crippen LogP contribution in [0.15, 0.2) is 18.3 Å². The highest BCUT2D eigenvalue weighted by Gasteiger charge is 2.09. The van der Waals surface area contributed by atoms with Crippen molar-refractivity contribution in [3.05, 3.63) is 29.6 Å². The second kappa shape index (κ2) is 4.70. The summed E-state index contributed by atoms with van der Waals surface area (Å²) >= 11 is 0. The number of rotatable bonds is 3. The van der Waals surface area contributed by atoms with E-state index < -0.39 is 6.23 Å². The fourth-order valence-electron chi connectivity index (χ4n) is 1.07. The molecule has 1 unspecified atom stereocenters. The van der Waals surface area contributed by atoms with Gasteiger partial charge in [-0.3, -0.25) is 10.3 Å². The van der Waals surface area contributed by atoms with E-state index in [9.17, 15) is 5.11 Å². The maximum absolute atomic E-state index is 9.63. The summed E-state index contributed by atoms with van der Waals surface area (Å²) < 4.78 is 0. The Balaban J connectivity index is 2.80. The Morgan fingerprint density at radius 3 is 2.86 bits per heavy atom. The SMILES string of the molecule is CC(C)NC(O)c1cc(C#N)ccn1. The minimum Gasteiger partial charge on any atom is -0.373 e. The van der Waals surface area contributed by atoms with Crippen LogP contribution in [0.25, 0.3) is 0 Å². The van der Waals surface area contributed by atoms with E-state index in [0.29, 0.717) is 11.3 Å². The fraction of sp³-hybridized carbons (Fsp3) is 0.400. The normalized spacial score (nSPS) is 12.5. The zero-order valence-corrected chi connectivity index (χ0v) is 8.23. The van der Waals surface area contributed by atoms with Gasteiger partial charge in [0.25, 0.3) is 0 Å². The lowest BCUT2D eigenvalue weighted by molar-refractivity contribution is 0.124. The van der Waals surface area contributed by atoms with Crippen LogP contribution in [-0.4, -0.2) is 16.1 Å². The zero-order chi connectivity index (χ0) is 10.6. The van der Waals surface area contributed by atoms with Crippen LogP contribution in [0.1, 0.15) is 31.3 Å². The predicted octanol–water partition coefficient (Wildman–Crippen LogP) is 0.942. The van der Waals surface area contributed by atoms with Crippen molar-refractivity contribution < 1.29 is 5.11 Å². The van der Waals surface area contributed by atoms with Gasteiger partial charge < -0.3 is 5.11 Å². The lowest BCUT2D eigenvalue weighted by Crippen LogP contribution is -2.28. The van der Waals surface area contributed by atoms with Crippen molar-refractivity contribution in [2.24, 2.45) is 0 Å². The van der Waals surface area contributed by atoms with E-state index in [1.165, 1.54) is 6.20 Å². The Kier molecular flexibility index (Phi) is 3.57. The Labute approximate surface area is 83.2 Å². The van der Waals surface area contributed by atoms with Crippen molar-refractivity contribution in [3.63, 3.8) is 0 Å². The van der Waals surface area contributed by atoms with Crippen molar-refractivity contribution in [3.8, 4) is 6.07 Å². The molecule has 74 valence electrons. The van der Waals surface area contributed by atoms with Crippen LogP contribution < -0.4 is 5.32 Å². The topological polar surface area (TPSA) is 68.9 Å². The average Bonchev–Trinajstić information content (AvgIpc) is 2.17. The van der Waals surface area contributed by atoms with Crippen molar-refractivity contribution in [2.75, 3.05) is 0 Å². The van der Waals surface area contributed by atoms with Crippen molar-refractivity contribution in [1.29, 1.82) is 5.26 Å². The molecule has 0 aliphatic rings. The number of pyridine rings is 1. The third-order valence-electron chi connectivity index (χ3n) is 1.68. The monoisotopic (exact) mass is 191 g/mol. The van der Waals surface area contributed by atoms with Gasteiger partial charge in [-0.1, -0.05) is 0 Å². The van der Waals surface area contributed by atoms with E-state index in [0.717, 1.165) is 0 Å². The van der Waals surface area contributed by atoms with E-state index in [4.69, 9.17) is 5.26 Å². The van der Waals surface area contributed by atoms with Gasteiger partial charge in [-0.2, -0.15) is 5.26 Å². The summed E-state index contributed by atoms with van der Waals surface area (Å²) in [7, 11) is 0. The first-order valence-corrected chi connectivity index (χ1v) is 4.43. The number of aliphatic hydroxyl groups is 1. The minimum atomic E-state index is -0.816. The summed E-state index contributed by atoms with van der Waals surface area (Å²) in [6.07, 6.45) is 0.697. The second-order valence-electron chi connectivity index (χ2n) is 3.31. The lowest BCUT2D eigenvalue weighted by atomic mass is 10.2. The molecule has 0 spiro atoms. The summed E-state index contributed by atoms with van der Waals surface area (Å²) in [6, 6.07) is 5.33. The molecule has 1 aromatic rings. The molecule has 1 heterocycles. The van der Waals surface area contributed by atoms with E-state index in [-0.39, 0.29) is 6.04 Å². The van der Waals surface area contributed by atoms with Gasteiger partial charge in [0, 0.05) is 12.2 Å². The third kappa shape index (κ3) is 2.80. The highest BCUT2D eigenvalue weighted by molar-refractivity contribution is 5.29. The Morgan fingerprint density at radius 1 is 1.57 bits per heavy atom. The largest absolute Gasteiger partial charge is 0.373 e. The second-order valence-corrected chi connectivity index (χ2v) is 3.31. The molecule has 0 radical (unpaired) electrons. The molecule has 0 aliphatic carbocycles. The molecular weight excluding hydrogens is 178 g/mol. The van der Waals surface area contributed by atoms with Crippen LogP contribution in [0.4, 0.5) is 0 Å². The van der Waals surface area contributed by atoms with Gasteiger partial charge in [-0.15, -0.1) is 0 Å². The maximum Gasteiger partial charge on any atom is 0.148 e. The molecule has 4 heteroatoms. The van der Waals surface area contributed by atoms with Gasteiger partial charge >= 0.3 is 0 Å². The molecule has 0 fully saturated rings. The number of nitriles is 1. The van der Waals surface area contributed by atoms with Crippen molar-refractivity contribution in [1.82, 2.24) is 10.3 Å². The fourth-order valence-corrected chi connectivity index (χ4v) is 1.07. The van der Waals surface area contributed by atoms with Crippen LogP contribution in [0, 0.1) is 11.3 Å². The number of nitrogens with zero attached hydrogens (tertiary/aromatic N) is 2. The molecule has 0 aliphatic heterocycles. The summed E-state index contributed by atoms with van der Waals surface area (Å²) in [6.45, 7) is 3.86. The van der Waals surface area contributed by atoms with E-state index in [1.54, 1.807) is 12.1 Å². The number of aliphatic hydroxyl groups excluding tert-OH is 1. The highest BCUT2D eigenvalue weighted by atomic mass is 16.3. The molecule has 14 heavy (non-hydrogen) atoms. The van der Waals surface area contributed by atoms with E-state index in [2.05, 4.69) is 10.3 Å². The molecule has 0 aromatic carbocycles. The molecule has 4 nitrogen and oxygen atoms in total. The standard InChI is InChI=1S/C10H13N3O/c1-7(2)13-10(14)9-5-8(6-11)3-4-12-9/h3-5,7,10,13-14H,1-2H3. The Hall–Kier alpha value is -1.44. The third-order valence-corrected chi connectivity index (χ3v) is 1.68. The van der Waals surface area contributed by atoms with Crippen molar-refractivity contribution in [2.45, 2.75) is 26.1 Å². The number of aromatic nitrogens is 1. The summed E-state index contributed by atoms with van der Waals surface area (Å²) in [4.78, 5) is 3.98. The summed E-state index contributed by atoms with van der Waals surface area (Å²) in [5, 5.41) is 21.2. The summed E-state index contributed by atoms with van der Waals surface area (Å²) in [5.41, 5.74) is 0.970. The van der Waals surface area contributed by atoms with Gasteiger partial charge in [0.05, 0.1) is 17.3 Å². The minimum absolute atomic E-state index is 0.164. The van der Waals surface area contributed by atoms with Gasteiger partial charge in [-0.25, -0.2) is 0 Å². The van der Waals surface area contributed by atoms with Crippen molar-refractivity contribution >= 4 is 0 Å². The quantitative estimate of drug-likeness (QED) is 0.698. The van der Waals surface area contributed by atoms with Gasteiger partial charge in [0.2, 0.25) is 0 Å². The maximum atomic E-state index is 9.63. The first kappa shape index (κ1) is 10.6. The van der Waals surface area contributed by atoms with Crippen LogP contribution >= 0.6 is 0 Å². The number of hydrogen-bond donors (Lipinski definition) is 2. The molecule has 0 saturated heterocycles. The van der Waals surface area contributed by atoms with Gasteiger partial charge in [0.15, 0.2) is 0 Å². The molecule has 0 saturated carbocycles. The van der Waals surface area contributed by atoms with Gasteiger partial charge in [-0.05, 0) is 26.0 Å². The molecular formula is C10H13N3O. The molecule has 2 N–H and O–H groups in total. The smallest absolute Gasteiger partial charge is 0.148 e. The zero-order valence-electron chi connectivity index (χ0n) is 8.23. The van der Waals surface area contributed by atoms with Crippen LogP contribution in [0.2, 0.25) is 0 Å². The van der Waals surface area contributed by atoms with Crippen LogP contribution in [-0.2, 0) is 0 Å². The molecule has 1 rings (SSSR count). The van der Waals surface area contributed by atoms with Crippen LogP contribution in [0.5, 0.6) is 0 Å². The van der Waals surface area contributed by atoms with E-state index in [1.807, 2.05) is 19.9 Å². The number of hydrogen-bond acceptors (Lipinski definition) is 4. The average molecular weight is 191 g/mol. The first-order chi connectivity index (χ1) is 6.63. The number of nitrogens with one attached hydrogen (secondary N) is 1. The first-order valence-electron chi connectivity index (χ1n) is 4.43. The van der Waals surface area contributed by atoms with Gasteiger partial charge in [0.1, 0.15) is 6.23 Å². The molecule has 0 bridgehead atoms. The molecule has 0 amide bonds. The summed E-state index contributed by atoms with van der Waals surface area (Å²) in [5.74, 6) is 0. The van der Waals surface area contributed by atoms with Crippen LogP contribution in [0.3, 0.4) is 0 Å². The lowest BCUT2D eigenvalue weighted by Gasteiger charge is -2.14. The van der Waals surface area contributed by atoms with E-state index >= 15 is 0 Å². The molecule has 1 aromatic heterocycles.